The third-order valence-corrected chi connectivity index (χ3v) is 3.70. The van der Waals surface area contributed by atoms with Gasteiger partial charge < -0.3 is 25.3 Å². The summed E-state index contributed by atoms with van der Waals surface area (Å²) in [5.41, 5.74) is 6.42. The number of carbonyl (C=O) groups excluding carboxylic acids is 2. The summed E-state index contributed by atoms with van der Waals surface area (Å²) in [6.07, 6.45) is 1.13. The van der Waals surface area contributed by atoms with E-state index in [4.69, 9.17) is 20.0 Å². The summed E-state index contributed by atoms with van der Waals surface area (Å²) in [6, 6.07) is 7.62. The Labute approximate surface area is 151 Å². The molecule has 1 amide bonds. The van der Waals surface area contributed by atoms with E-state index < -0.39 is 24.0 Å². The van der Waals surface area contributed by atoms with Crippen molar-refractivity contribution < 1.29 is 23.8 Å². The molecule has 2 atom stereocenters. The van der Waals surface area contributed by atoms with Gasteiger partial charge in [0.15, 0.2) is 5.69 Å². The van der Waals surface area contributed by atoms with E-state index in [0.717, 1.165) is 11.8 Å². The molecule has 2 rings (SSSR count). The van der Waals surface area contributed by atoms with Crippen molar-refractivity contribution in [3.63, 3.8) is 0 Å². The van der Waals surface area contributed by atoms with Gasteiger partial charge in [-0.2, -0.15) is 0 Å². The van der Waals surface area contributed by atoms with Crippen molar-refractivity contribution in [1.82, 2.24) is 10.3 Å². The fraction of sp³-hybridized carbons (Fsp3) is 0.389. The fourth-order valence-corrected chi connectivity index (χ4v) is 2.17. The minimum Gasteiger partial charge on any atom is -0.459 e. The van der Waals surface area contributed by atoms with Gasteiger partial charge in [0.2, 0.25) is 5.89 Å². The summed E-state index contributed by atoms with van der Waals surface area (Å²) >= 11 is 0. The number of aliphatic hydroxyl groups excluding tert-OH is 1. The number of aliphatic hydroxyl groups is 1. The third kappa shape index (κ3) is 5.14. The first kappa shape index (κ1) is 19.6. The molecule has 1 aromatic carbocycles. The molecule has 140 valence electrons. The van der Waals surface area contributed by atoms with E-state index in [2.05, 4.69) is 10.3 Å². The molecule has 4 N–H and O–H groups in total. The summed E-state index contributed by atoms with van der Waals surface area (Å²) in [7, 11) is 0. The second kappa shape index (κ2) is 9.12. The van der Waals surface area contributed by atoms with Crippen LogP contribution in [0.25, 0.3) is 0 Å². The lowest BCUT2D eigenvalue weighted by Gasteiger charge is -2.20. The fourth-order valence-electron chi connectivity index (χ4n) is 2.17. The molecule has 8 heteroatoms. The minimum absolute atomic E-state index is 0.0228. The Bertz CT molecular complexity index is 729. The SMILES string of the molecule is CC(C)C(NC(=O)c1coc(C(N)CO)n1)C(=O)OCc1ccccc1. The summed E-state index contributed by atoms with van der Waals surface area (Å²) in [5.74, 6) is -1.26. The summed E-state index contributed by atoms with van der Waals surface area (Å²) in [4.78, 5) is 28.6. The molecule has 0 radical (unpaired) electrons. The molecule has 1 heterocycles. The van der Waals surface area contributed by atoms with E-state index in [1.165, 1.54) is 0 Å². The van der Waals surface area contributed by atoms with Crippen LogP contribution in [0.2, 0.25) is 0 Å². The van der Waals surface area contributed by atoms with Gasteiger partial charge in [-0.1, -0.05) is 44.2 Å². The van der Waals surface area contributed by atoms with Crippen LogP contribution >= 0.6 is 0 Å². The zero-order valence-corrected chi connectivity index (χ0v) is 14.7. The molecule has 0 aliphatic heterocycles. The summed E-state index contributed by atoms with van der Waals surface area (Å²) in [6.45, 7) is 3.36. The standard InChI is InChI=1S/C18H23N3O5/c1-11(2)15(18(24)26-9-12-6-4-3-5-7-12)21-16(23)14-10-25-17(20-14)13(19)8-22/h3-7,10-11,13,15,22H,8-9,19H2,1-2H3,(H,21,23). The van der Waals surface area contributed by atoms with Crippen LogP contribution in [0.3, 0.4) is 0 Å². The maximum absolute atomic E-state index is 12.4. The molecule has 2 aromatic rings. The molecule has 1 aromatic heterocycles. The van der Waals surface area contributed by atoms with Crippen LogP contribution in [0.15, 0.2) is 41.0 Å². The van der Waals surface area contributed by atoms with Gasteiger partial charge in [0.05, 0.1) is 6.61 Å². The lowest BCUT2D eigenvalue weighted by Crippen LogP contribution is -2.45. The van der Waals surface area contributed by atoms with Gasteiger partial charge in [-0.05, 0) is 11.5 Å². The van der Waals surface area contributed by atoms with Crippen LogP contribution in [-0.4, -0.2) is 34.6 Å². The highest BCUT2D eigenvalue weighted by Crippen LogP contribution is 2.12. The predicted octanol–water partition coefficient (Wildman–Crippen LogP) is 1.16. The molecule has 0 bridgehead atoms. The Hall–Kier alpha value is -2.71. The number of oxazole rings is 1. The Morgan fingerprint density at radius 2 is 2.00 bits per heavy atom. The van der Waals surface area contributed by atoms with Crippen molar-refractivity contribution >= 4 is 11.9 Å². The van der Waals surface area contributed by atoms with Gasteiger partial charge >= 0.3 is 5.97 Å². The van der Waals surface area contributed by atoms with Crippen LogP contribution in [0.5, 0.6) is 0 Å². The topological polar surface area (TPSA) is 128 Å². The van der Waals surface area contributed by atoms with Crippen LogP contribution in [0.4, 0.5) is 0 Å². The molecule has 0 saturated carbocycles. The molecule has 0 spiro atoms. The highest BCUT2D eigenvalue weighted by atomic mass is 16.5. The predicted molar refractivity (Wildman–Crippen MR) is 92.8 cm³/mol. The molecule has 8 nitrogen and oxygen atoms in total. The average Bonchev–Trinajstić information content (AvgIpc) is 3.14. The number of carbonyl (C=O) groups is 2. The number of ether oxygens (including phenoxy) is 1. The number of benzene rings is 1. The first-order valence-electron chi connectivity index (χ1n) is 8.25. The van der Waals surface area contributed by atoms with Crippen LogP contribution < -0.4 is 11.1 Å². The smallest absolute Gasteiger partial charge is 0.329 e. The zero-order chi connectivity index (χ0) is 19.1. The quantitative estimate of drug-likeness (QED) is 0.602. The minimum atomic E-state index is -0.835. The molecule has 0 aliphatic rings. The number of nitrogens with two attached hydrogens (primary N) is 1. The first-order valence-corrected chi connectivity index (χ1v) is 8.25. The van der Waals surface area contributed by atoms with E-state index >= 15 is 0 Å². The lowest BCUT2D eigenvalue weighted by atomic mass is 10.0. The lowest BCUT2D eigenvalue weighted by molar-refractivity contribution is -0.148. The maximum Gasteiger partial charge on any atom is 0.329 e. The molecule has 26 heavy (non-hydrogen) atoms. The largest absolute Gasteiger partial charge is 0.459 e. The van der Waals surface area contributed by atoms with E-state index in [-0.39, 0.29) is 30.7 Å². The number of esters is 1. The van der Waals surface area contributed by atoms with Gasteiger partial charge in [0.1, 0.15) is 25.0 Å². The van der Waals surface area contributed by atoms with E-state index in [0.29, 0.717) is 0 Å². The number of amides is 1. The van der Waals surface area contributed by atoms with Gasteiger partial charge in [0.25, 0.3) is 5.91 Å². The van der Waals surface area contributed by atoms with Crippen molar-refractivity contribution in [2.75, 3.05) is 6.61 Å². The van der Waals surface area contributed by atoms with Gasteiger partial charge in [-0.25, -0.2) is 9.78 Å². The monoisotopic (exact) mass is 361 g/mol. The number of hydrogen-bond donors (Lipinski definition) is 3. The second-order valence-corrected chi connectivity index (χ2v) is 6.15. The Balaban J connectivity index is 1.99. The molecule has 0 fully saturated rings. The van der Waals surface area contributed by atoms with Crippen molar-refractivity contribution in [3.8, 4) is 0 Å². The van der Waals surface area contributed by atoms with Gasteiger partial charge in [-0.3, -0.25) is 4.79 Å². The molecular weight excluding hydrogens is 338 g/mol. The molecular formula is C18H23N3O5. The van der Waals surface area contributed by atoms with Crippen molar-refractivity contribution in [3.05, 3.63) is 53.7 Å². The summed E-state index contributed by atoms with van der Waals surface area (Å²) < 4.78 is 10.4. The zero-order valence-electron chi connectivity index (χ0n) is 14.7. The van der Waals surface area contributed by atoms with Gasteiger partial charge in [0, 0.05) is 0 Å². The van der Waals surface area contributed by atoms with E-state index in [9.17, 15) is 9.59 Å². The van der Waals surface area contributed by atoms with Gasteiger partial charge in [-0.15, -0.1) is 0 Å². The number of nitrogens with zero attached hydrogens (tertiary/aromatic N) is 1. The first-order chi connectivity index (χ1) is 12.4. The molecule has 0 aliphatic carbocycles. The maximum atomic E-state index is 12.4. The van der Waals surface area contributed by atoms with Crippen molar-refractivity contribution in [2.24, 2.45) is 11.7 Å². The third-order valence-electron chi connectivity index (χ3n) is 3.70. The average molecular weight is 361 g/mol. The number of aromatic nitrogens is 1. The number of nitrogens with one attached hydrogen (secondary N) is 1. The van der Waals surface area contributed by atoms with E-state index in [1.807, 2.05) is 30.3 Å². The van der Waals surface area contributed by atoms with Crippen molar-refractivity contribution in [1.29, 1.82) is 0 Å². The highest BCUT2D eigenvalue weighted by Gasteiger charge is 2.27. The Morgan fingerprint density at radius 3 is 2.62 bits per heavy atom. The van der Waals surface area contributed by atoms with Crippen LogP contribution in [0.1, 0.15) is 41.8 Å². The normalized spacial score (nSPS) is 13.3. The highest BCUT2D eigenvalue weighted by molar-refractivity contribution is 5.95. The summed E-state index contributed by atoms with van der Waals surface area (Å²) in [5, 5.41) is 11.6. The van der Waals surface area contributed by atoms with E-state index in [1.54, 1.807) is 13.8 Å². The Kier molecular flexibility index (Phi) is 6.88. The molecule has 2 unspecified atom stereocenters. The Morgan fingerprint density at radius 1 is 1.31 bits per heavy atom. The number of hydrogen-bond acceptors (Lipinski definition) is 7. The van der Waals surface area contributed by atoms with Crippen LogP contribution in [-0.2, 0) is 16.1 Å². The molecule has 0 saturated heterocycles. The van der Waals surface area contributed by atoms with Crippen LogP contribution in [0, 0.1) is 5.92 Å². The van der Waals surface area contributed by atoms with Crippen molar-refractivity contribution in [2.45, 2.75) is 32.5 Å². The second-order valence-electron chi connectivity index (χ2n) is 6.15. The number of rotatable bonds is 8.